The van der Waals surface area contributed by atoms with E-state index in [1.54, 1.807) is 0 Å². The van der Waals surface area contributed by atoms with Crippen LogP contribution in [0.25, 0.3) is 0 Å². The van der Waals surface area contributed by atoms with Gasteiger partial charge >= 0.3 is 11.9 Å². The monoisotopic (exact) mass is 270 g/mol. The van der Waals surface area contributed by atoms with Crippen LogP contribution < -0.4 is 0 Å². The Morgan fingerprint density at radius 2 is 1.61 bits per heavy atom. The zero-order valence-corrected chi connectivity index (χ0v) is 12.8. The van der Waals surface area contributed by atoms with Crippen LogP contribution in [0.1, 0.15) is 13.8 Å². The summed E-state index contributed by atoms with van der Waals surface area (Å²) in [5, 5.41) is 1.06. The molecule has 0 spiro atoms. The lowest BCUT2D eigenvalue weighted by molar-refractivity contribution is -0.140. The van der Waals surface area contributed by atoms with Gasteiger partial charge in [-0.1, -0.05) is 31.4 Å². The van der Waals surface area contributed by atoms with Gasteiger partial charge in [-0.05, 0) is 11.6 Å². The summed E-state index contributed by atoms with van der Waals surface area (Å²) in [6, 6.07) is 0. The van der Waals surface area contributed by atoms with Crippen molar-refractivity contribution in [1.29, 1.82) is 0 Å². The van der Waals surface area contributed by atoms with Crippen LogP contribution in [-0.2, 0) is 19.1 Å². The molecule has 0 aromatic heterocycles. The summed E-state index contributed by atoms with van der Waals surface area (Å²) in [6.07, 6.45) is 1.86. The standard InChI is InChI=1S/C13H22O4Si/c1-10(9-17-12(3)15)13(18(4,5)6)7-8-16-11(2)14/h7H,1,8-9H2,2-6H3/b13-7-. The third kappa shape index (κ3) is 7.06. The predicted molar refractivity (Wildman–Crippen MR) is 73.8 cm³/mol. The van der Waals surface area contributed by atoms with Crippen LogP contribution in [0.4, 0.5) is 0 Å². The smallest absolute Gasteiger partial charge is 0.302 e. The Balaban J connectivity index is 4.73. The van der Waals surface area contributed by atoms with E-state index in [1.807, 2.05) is 6.08 Å². The highest BCUT2D eigenvalue weighted by Gasteiger charge is 2.22. The van der Waals surface area contributed by atoms with E-state index >= 15 is 0 Å². The van der Waals surface area contributed by atoms with Crippen molar-refractivity contribution in [3.05, 3.63) is 23.4 Å². The molecule has 0 unspecified atom stereocenters. The molecule has 0 atom stereocenters. The fraction of sp³-hybridized carbons (Fsp3) is 0.538. The average molecular weight is 270 g/mol. The summed E-state index contributed by atoms with van der Waals surface area (Å²) >= 11 is 0. The van der Waals surface area contributed by atoms with Gasteiger partial charge in [0.2, 0.25) is 0 Å². The SMILES string of the molecule is C=C(COC(C)=O)/C(=C/COC(C)=O)[Si](C)(C)C. The third-order valence-corrected chi connectivity index (χ3v) is 4.39. The van der Waals surface area contributed by atoms with E-state index in [9.17, 15) is 9.59 Å². The molecular formula is C13H22O4Si. The molecule has 0 rings (SSSR count). The summed E-state index contributed by atoms with van der Waals surface area (Å²) in [5.41, 5.74) is 0.775. The van der Waals surface area contributed by atoms with Crippen LogP contribution in [-0.4, -0.2) is 33.2 Å². The van der Waals surface area contributed by atoms with Crippen molar-refractivity contribution in [2.24, 2.45) is 0 Å². The summed E-state index contributed by atoms with van der Waals surface area (Å²) in [5.74, 6) is -0.641. The molecule has 0 amide bonds. The van der Waals surface area contributed by atoms with Gasteiger partial charge in [-0.3, -0.25) is 9.59 Å². The molecule has 18 heavy (non-hydrogen) atoms. The minimum Gasteiger partial charge on any atom is -0.462 e. The first kappa shape index (κ1) is 16.6. The Bertz CT molecular complexity index is 364. The van der Waals surface area contributed by atoms with Crippen LogP contribution >= 0.6 is 0 Å². The van der Waals surface area contributed by atoms with Crippen molar-refractivity contribution < 1.29 is 19.1 Å². The van der Waals surface area contributed by atoms with Crippen LogP contribution in [0.2, 0.25) is 19.6 Å². The number of hydrogen-bond acceptors (Lipinski definition) is 4. The minimum absolute atomic E-state index is 0.186. The topological polar surface area (TPSA) is 52.6 Å². The van der Waals surface area contributed by atoms with Crippen molar-refractivity contribution in [3.8, 4) is 0 Å². The Hall–Kier alpha value is -1.36. The molecule has 0 aliphatic carbocycles. The van der Waals surface area contributed by atoms with Gasteiger partial charge in [-0.25, -0.2) is 0 Å². The summed E-state index contributed by atoms with van der Waals surface area (Å²) in [6.45, 7) is 13.6. The minimum atomic E-state index is -1.61. The lowest BCUT2D eigenvalue weighted by Crippen LogP contribution is -2.27. The molecule has 0 radical (unpaired) electrons. The molecule has 0 aromatic rings. The molecule has 0 aromatic carbocycles. The van der Waals surface area contributed by atoms with Crippen LogP contribution in [0, 0.1) is 0 Å². The third-order valence-electron chi connectivity index (χ3n) is 2.21. The Labute approximate surface area is 110 Å². The first-order valence-corrected chi connectivity index (χ1v) is 9.30. The molecule has 102 valence electrons. The van der Waals surface area contributed by atoms with Gasteiger partial charge in [-0.15, -0.1) is 0 Å². The van der Waals surface area contributed by atoms with E-state index < -0.39 is 8.07 Å². The first-order valence-electron chi connectivity index (χ1n) is 5.80. The summed E-state index contributed by atoms with van der Waals surface area (Å²) in [7, 11) is -1.61. The highest BCUT2D eigenvalue weighted by atomic mass is 28.3. The number of ether oxygens (including phenoxy) is 2. The van der Waals surface area contributed by atoms with E-state index in [0.29, 0.717) is 0 Å². The average Bonchev–Trinajstić information content (AvgIpc) is 2.18. The van der Waals surface area contributed by atoms with Crippen LogP contribution in [0.5, 0.6) is 0 Å². The predicted octanol–water partition coefficient (Wildman–Crippen LogP) is 2.47. The number of carbonyl (C=O) groups excluding carboxylic acids is 2. The fourth-order valence-electron chi connectivity index (χ4n) is 1.49. The Kier molecular flexibility index (Phi) is 6.61. The summed E-state index contributed by atoms with van der Waals surface area (Å²) in [4.78, 5) is 21.5. The highest BCUT2D eigenvalue weighted by molar-refractivity contribution is 6.84. The maximum atomic E-state index is 10.8. The van der Waals surface area contributed by atoms with Crippen molar-refractivity contribution in [2.45, 2.75) is 33.5 Å². The van der Waals surface area contributed by atoms with Gasteiger partial charge in [0.05, 0.1) is 8.07 Å². The second kappa shape index (κ2) is 7.16. The van der Waals surface area contributed by atoms with E-state index in [2.05, 4.69) is 26.2 Å². The van der Waals surface area contributed by atoms with Gasteiger partial charge in [0.1, 0.15) is 13.2 Å². The number of rotatable bonds is 6. The highest BCUT2D eigenvalue weighted by Crippen LogP contribution is 2.21. The molecule has 0 aliphatic rings. The molecule has 0 saturated heterocycles. The maximum Gasteiger partial charge on any atom is 0.302 e. The van der Waals surface area contributed by atoms with E-state index in [1.165, 1.54) is 13.8 Å². The zero-order chi connectivity index (χ0) is 14.3. The molecule has 4 nitrogen and oxygen atoms in total. The van der Waals surface area contributed by atoms with Crippen molar-refractivity contribution in [1.82, 2.24) is 0 Å². The fourth-order valence-corrected chi connectivity index (χ4v) is 3.32. The first-order chi connectivity index (χ1) is 8.14. The second-order valence-electron chi connectivity index (χ2n) is 5.05. The molecule has 0 bridgehead atoms. The van der Waals surface area contributed by atoms with Gasteiger partial charge < -0.3 is 9.47 Å². The van der Waals surface area contributed by atoms with E-state index in [0.717, 1.165) is 10.8 Å². The number of hydrogen-bond donors (Lipinski definition) is 0. The molecular weight excluding hydrogens is 248 g/mol. The zero-order valence-electron chi connectivity index (χ0n) is 11.8. The molecule has 0 aliphatic heterocycles. The Morgan fingerprint density at radius 3 is 2.00 bits per heavy atom. The van der Waals surface area contributed by atoms with Crippen LogP contribution in [0.3, 0.4) is 0 Å². The van der Waals surface area contributed by atoms with Gasteiger partial charge in [0, 0.05) is 13.8 Å². The molecule has 0 fully saturated rings. The van der Waals surface area contributed by atoms with E-state index in [-0.39, 0.29) is 25.2 Å². The second-order valence-corrected chi connectivity index (χ2v) is 10.1. The Morgan fingerprint density at radius 1 is 1.11 bits per heavy atom. The quantitative estimate of drug-likeness (QED) is 0.423. The molecule has 0 saturated carbocycles. The molecule has 0 heterocycles. The van der Waals surface area contributed by atoms with Crippen molar-refractivity contribution >= 4 is 20.0 Å². The maximum absolute atomic E-state index is 10.8. The molecule has 5 heteroatoms. The largest absolute Gasteiger partial charge is 0.462 e. The normalized spacial score (nSPS) is 11.9. The van der Waals surface area contributed by atoms with Gasteiger partial charge in [0.25, 0.3) is 0 Å². The van der Waals surface area contributed by atoms with Crippen LogP contribution in [0.15, 0.2) is 23.4 Å². The van der Waals surface area contributed by atoms with Gasteiger partial charge in [-0.2, -0.15) is 0 Å². The lowest BCUT2D eigenvalue weighted by atomic mass is 10.3. The van der Waals surface area contributed by atoms with E-state index in [4.69, 9.17) is 9.47 Å². The van der Waals surface area contributed by atoms with Gasteiger partial charge in [0.15, 0.2) is 0 Å². The lowest BCUT2D eigenvalue weighted by Gasteiger charge is -2.23. The number of esters is 2. The number of carbonyl (C=O) groups is 2. The molecule has 0 N–H and O–H groups in total. The van der Waals surface area contributed by atoms with Crippen molar-refractivity contribution in [2.75, 3.05) is 13.2 Å². The summed E-state index contributed by atoms with van der Waals surface area (Å²) < 4.78 is 9.84. The van der Waals surface area contributed by atoms with Crippen molar-refractivity contribution in [3.63, 3.8) is 0 Å².